The lowest BCUT2D eigenvalue weighted by Gasteiger charge is -2.02. The molecular weight excluding hydrogens is 299 g/mol. The Balaban J connectivity index is 1.77. The molecule has 0 saturated carbocycles. The van der Waals surface area contributed by atoms with Crippen molar-refractivity contribution in [2.45, 2.75) is 0 Å². The zero-order valence-electron chi connectivity index (χ0n) is 11.9. The van der Waals surface area contributed by atoms with E-state index in [-0.39, 0.29) is 11.3 Å². The number of esters is 1. The fraction of sp³-hybridized carbons (Fsp3) is 0. The SMILES string of the molecule is O=C(/C=C/c1ccccc1F)Oc1ccc2ccc(=O)oc2c1. The molecule has 5 heteroatoms. The molecule has 0 fully saturated rings. The highest BCUT2D eigenvalue weighted by Gasteiger charge is 2.04. The van der Waals surface area contributed by atoms with E-state index in [0.717, 1.165) is 6.08 Å². The number of fused-ring (bicyclic) bond motifs is 1. The first-order valence-electron chi connectivity index (χ1n) is 6.80. The predicted molar refractivity (Wildman–Crippen MR) is 83.6 cm³/mol. The van der Waals surface area contributed by atoms with Gasteiger partial charge in [0.05, 0.1) is 0 Å². The topological polar surface area (TPSA) is 56.5 Å². The fourth-order valence-corrected chi connectivity index (χ4v) is 2.02. The molecule has 0 aliphatic heterocycles. The van der Waals surface area contributed by atoms with Crippen LogP contribution < -0.4 is 10.4 Å². The molecule has 0 radical (unpaired) electrons. The Labute approximate surface area is 130 Å². The molecule has 0 atom stereocenters. The van der Waals surface area contributed by atoms with Gasteiger partial charge in [-0.3, -0.25) is 0 Å². The first kappa shape index (κ1) is 14.7. The molecule has 1 aromatic heterocycles. The highest BCUT2D eigenvalue weighted by molar-refractivity contribution is 5.89. The van der Waals surface area contributed by atoms with E-state index in [9.17, 15) is 14.0 Å². The van der Waals surface area contributed by atoms with Crippen LogP contribution in [-0.4, -0.2) is 5.97 Å². The van der Waals surface area contributed by atoms with Gasteiger partial charge in [0.25, 0.3) is 0 Å². The second-order valence-electron chi connectivity index (χ2n) is 4.73. The van der Waals surface area contributed by atoms with Crippen LogP contribution in [0.25, 0.3) is 17.0 Å². The fourth-order valence-electron chi connectivity index (χ4n) is 2.02. The van der Waals surface area contributed by atoms with Crippen LogP contribution in [0.3, 0.4) is 0 Å². The number of carbonyl (C=O) groups is 1. The summed E-state index contributed by atoms with van der Waals surface area (Å²) < 4.78 is 23.6. The summed E-state index contributed by atoms with van der Waals surface area (Å²) in [6.45, 7) is 0. The average Bonchev–Trinajstić information content (AvgIpc) is 2.54. The number of carbonyl (C=O) groups excluding carboxylic acids is 1. The summed E-state index contributed by atoms with van der Waals surface area (Å²) in [4.78, 5) is 23.0. The Kier molecular flexibility index (Phi) is 4.01. The van der Waals surface area contributed by atoms with Crippen molar-refractivity contribution in [3.05, 3.63) is 82.5 Å². The quantitative estimate of drug-likeness (QED) is 0.321. The summed E-state index contributed by atoms with van der Waals surface area (Å²) in [5.74, 6) is -0.857. The lowest BCUT2D eigenvalue weighted by molar-refractivity contribution is -0.128. The van der Waals surface area contributed by atoms with Gasteiger partial charge in [-0.2, -0.15) is 0 Å². The van der Waals surface area contributed by atoms with Gasteiger partial charge < -0.3 is 9.15 Å². The first-order chi connectivity index (χ1) is 11.1. The van der Waals surface area contributed by atoms with Gasteiger partial charge in [0.15, 0.2) is 0 Å². The molecule has 0 N–H and O–H groups in total. The summed E-state index contributed by atoms with van der Waals surface area (Å²) in [6, 6.07) is 13.7. The molecule has 3 aromatic rings. The van der Waals surface area contributed by atoms with Gasteiger partial charge in [0.2, 0.25) is 0 Å². The van der Waals surface area contributed by atoms with Crippen LogP contribution in [0.1, 0.15) is 5.56 Å². The molecule has 114 valence electrons. The first-order valence-corrected chi connectivity index (χ1v) is 6.80. The van der Waals surface area contributed by atoms with Crippen LogP contribution in [0.4, 0.5) is 4.39 Å². The van der Waals surface area contributed by atoms with Crippen LogP contribution in [0, 0.1) is 5.82 Å². The molecule has 0 amide bonds. The molecule has 3 rings (SSSR count). The van der Waals surface area contributed by atoms with E-state index in [1.54, 1.807) is 36.4 Å². The minimum atomic E-state index is -0.661. The zero-order chi connectivity index (χ0) is 16.2. The summed E-state index contributed by atoms with van der Waals surface area (Å²) in [7, 11) is 0. The Hall–Kier alpha value is -3.21. The maximum atomic E-state index is 13.4. The van der Waals surface area contributed by atoms with Crippen LogP contribution in [0.15, 0.2) is 69.9 Å². The molecule has 23 heavy (non-hydrogen) atoms. The van der Waals surface area contributed by atoms with Gasteiger partial charge in [0, 0.05) is 29.2 Å². The predicted octanol–water partition coefficient (Wildman–Crippen LogP) is 3.55. The highest BCUT2D eigenvalue weighted by atomic mass is 19.1. The maximum Gasteiger partial charge on any atom is 0.336 e. The molecule has 4 nitrogen and oxygen atoms in total. The van der Waals surface area contributed by atoms with Crippen molar-refractivity contribution in [3.63, 3.8) is 0 Å². The zero-order valence-corrected chi connectivity index (χ0v) is 11.9. The third-order valence-corrected chi connectivity index (χ3v) is 3.12. The molecule has 0 unspecified atom stereocenters. The minimum Gasteiger partial charge on any atom is -0.423 e. The third-order valence-electron chi connectivity index (χ3n) is 3.12. The standard InChI is InChI=1S/C18H11FO4/c19-15-4-2-1-3-12(15)6-9-17(20)22-14-8-5-13-7-10-18(21)23-16(13)11-14/h1-11H/b9-6+. The van der Waals surface area contributed by atoms with Crippen LogP contribution in [0.2, 0.25) is 0 Å². The van der Waals surface area contributed by atoms with E-state index in [0.29, 0.717) is 11.0 Å². The number of hydrogen-bond acceptors (Lipinski definition) is 4. The van der Waals surface area contributed by atoms with E-state index < -0.39 is 17.4 Å². The van der Waals surface area contributed by atoms with E-state index in [4.69, 9.17) is 9.15 Å². The van der Waals surface area contributed by atoms with Gasteiger partial charge >= 0.3 is 11.6 Å². The van der Waals surface area contributed by atoms with Crippen molar-refractivity contribution < 1.29 is 18.3 Å². The summed E-state index contributed by atoms with van der Waals surface area (Å²) in [6.07, 6.45) is 2.46. The second-order valence-corrected chi connectivity index (χ2v) is 4.73. The van der Waals surface area contributed by atoms with Crippen LogP contribution in [-0.2, 0) is 4.79 Å². The Bertz CT molecular complexity index is 956. The molecular formula is C18H11FO4. The Morgan fingerprint density at radius 2 is 1.87 bits per heavy atom. The molecule has 0 bridgehead atoms. The highest BCUT2D eigenvalue weighted by Crippen LogP contribution is 2.19. The number of hydrogen-bond donors (Lipinski definition) is 0. The van der Waals surface area contributed by atoms with Crippen molar-refractivity contribution in [3.8, 4) is 5.75 Å². The van der Waals surface area contributed by atoms with Gasteiger partial charge in [-0.15, -0.1) is 0 Å². The second kappa shape index (κ2) is 6.27. The van der Waals surface area contributed by atoms with Gasteiger partial charge in [-0.25, -0.2) is 14.0 Å². The van der Waals surface area contributed by atoms with E-state index >= 15 is 0 Å². The van der Waals surface area contributed by atoms with Crippen LogP contribution in [0.5, 0.6) is 5.75 Å². The molecule has 1 heterocycles. The average molecular weight is 310 g/mol. The largest absolute Gasteiger partial charge is 0.423 e. The lowest BCUT2D eigenvalue weighted by atomic mass is 10.2. The number of rotatable bonds is 3. The maximum absolute atomic E-state index is 13.4. The van der Waals surface area contributed by atoms with Crippen molar-refractivity contribution in [1.82, 2.24) is 0 Å². The van der Waals surface area contributed by atoms with Crippen LogP contribution >= 0.6 is 0 Å². The molecule has 0 spiro atoms. The minimum absolute atomic E-state index is 0.232. The smallest absolute Gasteiger partial charge is 0.336 e. The third kappa shape index (κ3) is 3.52. The molecule has 2 aromatic carbocycles. The van der Waals surface area contributed by atoms with Crippen molar-refractivity contribution in [1.29, 1.82) is 0 Å². The Morgan fingerprint density at radius 1 is 1.09 bits per heavy atom. The summed E-state index contributed by atoms with van der Waals surface area (Å²) >= 11 is 0. The van der Waals surface area contributed by atoms with E-state index in [2.05, 4.69) is 0 Å². The Morgan fingerprint density at radius 3 is 2.70 bits per heavy atom. The number of ether oxygens (including phenoxy) is 1. The van der Waals surface area contributed by atoms with Gasteiger partial charge in [-0.05, 0) is 30.3 Å². The lowest BCUT2D eigenvalue weighted by Crippen LogP contribution is -2.04. The molecule has 0 aliphatic rings. The van der Waals surface area contributed by atoms with Crippen molar-refractivity contribution >= 4 is 23.0 Å². The summed E-state index contributed by atoms with van der Waals surface area (Å²) in [5.41, 5.74) is 0.121. The number of benzene rings is 2. The van der Waals surface area contributed by atoms with Crippen molar-refractivity contribution in [2.75, 3.05) is 0 Å². The molecule has 0 aliphatic carbocycles. The van der Waals surface area contributed by atoms with Gasteiger partial charge in [-0.1, -0.05) is 18.2 Å². The normalized spacial score (nSPS) is 11.0. The van der Waals surface area contributed by atoms with Crippen molar-refractivity contribution in [2.24, 2.45) is 0 Å². The van der Waals surface area contributed by atoms with E-state index in [1.807, 2.05) is 0 Å². The number of halogens is 1. The van der Waals surface area contributed by atoms with E-state index in [1.165, 1.54) is 24.3 Å². The summed E-state index contributed by atoms with van der Waals surface area (Å²) in [5, 5.41) is 0.714. The monoisotopic (exact) mass is 310 g/mol. The molecule has 0 saturated heterocycles. The van der Waals surface area contributed by atoms with Gasteiger partial charge in [0.1, 0.15) is 17.1 Å².